The first-order valence-electron chi connectivity index (χ1n) is 6.91. The number of rotatable bonds is 4. The summed E-state index contributed by atoms with van der Waals surface area (Å²) in [6.45, 7) is 2.70. The summed E-state index contributed by atoms with van der Waals surface area (Å²) < 4.78 is 0. The smallest absolute Gasteiger partial charge is 0.117 e. The summed E-state index contributed by atoms with van der Waals surface area (Å²) in [6, 6.07) is 16.4. The van der Waals surface area contributed by atoms with Crippen LogP contribution in [0.15, 0.2) is 59.9 Å². The van der Waals surface area contributed by atoms with Gasteiger partial charge >= 0.3 is 0 Å². The van der Waals surface area contributed by atoms with Gasteiger partial charge in [0.25, 0.3) is 0 Å². The fourth-order valence-electron chi connectivity index (χ4n) is 2.40. The van der Waals surface area contributed by atoms with Crippen molar-refractivity contribution in [2.45, 2.75) is 17.2 Å². The zero-order valence-corrected chi connectivity index (χ0v) is 12.7. The van der Waals surface area contributed by atoms with Crippen LogP contribution in [0.5, 0.6) is 0 Å². The van der Waals surface area contributed by atoms with Crippen molar-refractivity contribution in [1.82, 2.24) is 9.97 Å². The molecule has 0 spiro atoms. The van der Waals surface area contributed by atoms with Gasteiger partial charge in [0.2, 0.25) is 0 Å². The van der Waals surface area contributed by atoms with E-state index in [1.165, 1.54) is 11.1 Å². The number of nitrogens with two attached hydrogens (primary N) is 1. The number of benzene rings is 2. The summed E-state index contributed by atoms with van der Waals surface area (Å²) in [4.78, 5) is 8.76. The van der Waals surface area contributed by atoms with E-state index < -0.39 is 0 Å². The Morgan fingerprint density at radius 2 is 1.81 bits per heavy atom. The molecule has 0 amide bonds. The van der Waals surface area contributed by atoms with Gasteiger partial charge in [-0.2, -0.15) is 0 Å². The minimum Gasteiger partial charge on any atom is -0.329 e. The summed E-state index contributed by atoms with van der Waals surface area (Å²) in [5.41, 5.74) is 9.50. The summed E-state index contributed by atoms with van der Waals surface area (Å²) in [5, 5.41) is 2.26. The highest BCUT2D eigenvalue weighted by atomic mass is 32.2. The monoisotopic (exact) mass is 295 g/mol. The van der Waals surface area contributed by atoms with E-state index in [0.717, 1.165) is 15.9 Å². The molecule has 0 radical (unpaired) electrons. The van der Waals surface area contributed by atoms with E-state index in [9.17, 15) is 0 Å². The molecule has 1 heterocycles. The molecule has 0 bridgehead atoms. The van der Waals surface area contributed by atoms with Crippen LogP contribution in [0.1, 0.15) is 16.4 Å². The molecule has 1 aromatic heterocycles. The molecule has 2 aromatic carbocycles. The molecule has 0 fully saturated rings. The highest BCUT2D eigenvalue weighted by molar-refractivity contribution is 7.99. The third-order valence-corrected chi connectivity index (χ3v) is 4.79. The summed E-state index contributed by atoms with van der Waals surface area (Å²) in [7, 11) is 0. The Kier molecular flexibility index (Phi) is 4.18. The Balaban J connectivity index is 1.98. The number of thioether (sulfide) groups is 1. The second-order valence-corrected chi connectivity index (χ2v) is 6.09. The molecule has 3 rings (SSSR count). The van der Waals surface area contributed by atoms with Crippen molar-refractivity contribution in [1.29, 1.82) is 0 Å². The first kappa shape index (κ1) is 14.0. The minimum absolute atomic E-state index is 0.199. The van der Waals surface area contributed by atoms with E-state index in [-0.39, 0.29) is 5.25 Å². The Bertz CT molecular complexity index is 752. The first-order chi connectivity index (χ1) is 10.3. The largest absolute Gasteiger partial charge is 0.329 e. The average molecular weight is 295 g/mol. The predicted molar refractivity (Wildman–Crippen MR) is 88.4 cm³/mol. The average Bonchev–Trinajstić information content (AvgIpc) is 2.53. The number of aromatic nitrogens is 2. The lowest BCUT2D eigenvalue weighted by Gasteiger charge is -2.17. The van der Waals surface area contributed by atoms with Gasteiger partial charge in [0.1, 0.15) is 11.4 Å². The number of hydrogen-bond acceptors (Lipinski definition) is 4. The molecule has 1 unspecified atom stereocenters. The molecule has 106 valence electrons. The van der Waals surface area contributed by atoms with Crippen LogP contribution in [0, 0.1) is 6.92 Å². The predicted octanol–water partition coefficient (Wildman–Crippen LogP) is 3.73. The lowest BCUT2D eigenvalue weighted by atomic mass is 10.1. The number of hydrogen-bond donors (Lipinski definition) is 1. The summed E-state index contributed by atoms with van der Waals surface area (Å²) >= 11 is 1.71. The Hall–Kier alpha value is -1.91. The highest BCUT2D eigenvalue weighted by Crippen LogP contribution is 2.37. The van der Waals surface area contributed by atoms with Gasteiger partial charge in [0, 0.05) is 17.2 Å². The van der Waals surface area contributed by atoms with E-state index in [1.807, 2.05) is 18.2 Å². The van der Waals surface area contributed by atoms with Gasteiger partial charge in [0.15, 0.2) is 0 Å². The zero-order valence-electron chi connectivity index (χ0n) is 11.9. The molecular weight excluding hydrogens is 278 g/mol. The highest BCUT2D eigenvalue weighted by Gasteiger charge is 2.16. The van der Waals surface area contributed by atoms with Crippen LogP contribution in [-0.2, 0) is 0 Å². The molecular formula is C17H17N3S. The maximum Gasteiger partial charge on any atom is 0.117 e. The number of fused-ring (bicyclic) bond motifs is 1. The molecule has 0 saturated carbocycles. The quantitative estimate of drug-likeness (QED) is 0.588. The van der Waals surface area contributed by atoms with Gasteiger partial charge in [-0.1, -0.05) is 54.2 Å². The van der Waals surface area contributed by atoms with Crippen LogP contribution in [0.25, 0.3) is 10.9 Å². The third-order valence-electron chi connectivity index (χ3n) is 3.51. The van der Waals surface area contributed by atoms with Crippen LogP contribution in [0.2, 0.25) is 0 Å². The Morgan fingerprint density at radius 3 is 2.62 bits per heavy atom. The molecule has 1 atom stereocenters. The Morgan fingerprint density at radius 1 is 1.05 bits per heavy atom. The maximum absolute atomic E-state index is 6.00. The van der Waals surface area contributed by atoms with E-state index in [2.05, 4.69) is 47.2 Å². The van der Waals surface area contributed by atoms with Crippen molar-refractivity contribution < 1.29 is 0 Å². The van der Waals surface area contributed by atoms with Crippen molar-refractivity contribution in [3.63, 3.8) is 0 Å². The fraction of sp³-hybridized carbons (Fsp3) is 0.176. The standard InChI is InChI=1S/C17H17N3S/c1-12-6-2-3-7-13(12)16(10-18)21-17-14-8-4-5-9-15(14)19-11-20-17/h2-9,11,16H,10,18H2,1H3. The first-order valence-corrected chi connectivity index (χ1v) is 7.79. The Labute approximate surface area is 128 Å². The molecule has 2 N–H and O–H groups in total. The number of para-hydroxylation sites is 1. The molecule has 3 aromatic rings. The van der Waals surface area contributed by atoms with Crippen molar-refractivity contribution >= 4 is 22.7 Å². The molecule has 4 heteroatoms. The normalized spacial score (nSPS) is 12.5. The van der Waals surface area contributed by atoms with Gasteiger partial charge < -0.3 is 5.73 Å². The van der Waals surface area contributed by atoms with E-state index in [1.54, 1.807) is 18.1 Å². The molecule has 0 saturated heterocycles. The van der Waals surface area contributed by atoms with E-state index >= 15 is 0 Å². The number of nitrogens with zero attached hydrogens (tertiary/aromatic N) is 2. The van der Waals surface area contributed by atoms with E-state index in [0.29, 0.717) is 6.54 Å². The molecule has 3 nitrogen and oxygen atoms in total. The molecule has 0 aliphatic rings. The topological polar surface area (TPSA) is 51.8 Å². The van der Waals surface area contributed by atoms with Crippen LogP contribution < -0.4 is 5.73 Å². The SMILES string of the molecule is Cc1ccccc1C(CN)Sc1ncnc2ccccc12. The van der Waals surface area contributed by atoms with Crippen molar-refractivity contribution in [3.05, 3.63) is 66.0 Å². The van der Waals surface area contributed by atoms with Gasteiger partial charge in [-0.3, -0.25) is 0 Å². The second-order valence-electron chi connectivity index (χ2n) is 4.89. The van der Waals surface area contributed by atoms with Crippen molar-refractivity contribution in [2.75, 3.05) is 6.54 Å². The second kappa shape index (κ2) is 6.24. The van der Waals surface area contributed by atoms with Crippen molar-refractivity contribution in [3.8, 4) is 0 Å². The molecule has 21 heavy (non-hydrogen) atoms. The minimum atomic E-state index is 0.199. The summed E-state index contributed by atoms with van der Waals surface area (Å²) in [6.07, 6.45) is 1.62. The van der Waals surface area contributed by atoms with Crippen LogP contribution in [0.3, 0.4) is 0 Å². The molecule has 0 aliphatic heterocycles. The number of aryl methyl sites for hydroxylation is 1. The van der Waals surface area contributed by atoms with Crippen LogP contribution in [0.4, 0.5) is 0 Å². The molecule has 0 aliphatic carbocycles. The van der Waals surface area contributed by atoms with Crippen molar-refractivity contribution in [2.24, 2.45) is 5.73 Å². The van der Waals surface area contributed by atoms with Gasteiger partial charge in [-0.25, -0.2) is 9.97 Å². The zero-order chi connectivity index (χ0) is 14.7. The van der Waals surface area contributed by atoms with Crippen LogP contribution in [-0.4, -0.2) is 16.5 Å². The third kappa shape index (κ3) is 2.91. The fourth-order valence-corrected chi connectivity index (χ4v) is 3.56. The lowest BCUT2D eigenvalue weighted by molar-refractivity contribution is 0.926. The maximum atomic E-state index is 6.00. The lowest BCUT2D eigenvalue weighted by Crippen LogP contribution is -2.10. The van der Waals surface area contributed by atoms with Crippen LogP contribution >= 0.6 is 11.8 Å². The van der Waals surface area contributed by atoms with Gasteiger partial charge in [0.05, 0.1) is 5.52 Å². The van der Waals surface area contributed by atoms with Gasteiger partial charge in [-0.05, 0) is 24.1 Å². The van der Waals surface area contributed by atoms with E-state index in [4.69, 9.17) is 5.73 Å². The van der Waals surface area contributed by atoms with Gasteiger partial charge in [-0.15, -0.1) is 0 Å². The summed E-state index contributed by atoms with van der Waals surface area (Å²) in [5.74, 6) is 0.